The van der Waals surface area contributed by atoms with Crippen molar-refractivity contribution in [1.82, 2.24) is 5.32 Å². The van der Waals surface area contributed by atoms with Crippen LogP contribution >= 0.6 is 11.6 Å². The first kappa shape index (κ1) is 15.0. The Morgan fingerprint density at radius 1 is 1.20 bits per heavy atom. The van der Waals surface area contributed by atoms with E-state index < -0.39 is 34.7 Å². The highest BCUT2D eigenvalue weighted by Crippen LogP contribution is 2.27. The smallest absolute Gasteiger partial charge is 0.254 e. The van der Waals surface area contributed by atoms with Gasteiger partial charge in [0.05, 0.1) is 5.56 Å². The number of amides is 1. The van der Waals surface area contributed by atoms with E-state index in [1.807, 2.05) is 0 Å². The number of rotatable bonds is 2. The van der Waals surface area contributed by atoms with Crippen LogP contribution in [0.15, 0.2) is 6.07 Å². The molecule has 0 aromatic heterocycles. The standard InChI is InChI=1S/C13H13ClF3NO2/c14-6-1-3-7(4-2-6)18-13(20)8-5-9(15)11(17)12(19)10(8)16/h5-7,19H,1-4H2,(H,18,20). The summed E-state index contributed by atoms with van der Waals surface area (Å²) in [5.74, 6) is -7.01. The molecule has 110 valence electrons. The highest BCUT2D eigenvalue weighted by molar-refractivity contribution is 6.20. The minimum atomic E-state index is -1.71. The minimum absolute atomic E-state index is 0.0622. The Bertz CT molecular complexity index is 531. The highest BCUT2D eigenvalue weighted by Gasteiger charge is 2.26. The zero-order valence-corrected chi connectivity index (χ0v) is 11.2. The van der Waals surface area contributed by atoms with Gasteiger partial charge in [0.2, 0.25) is 5.82 Å². The quantitative estimate of drug-likeness (QED) is 0.651. The summed E-state index contributed by atoms with van der Waals surface area (Å²) in [7, 11) is 0. The van der Waals surface area contributed by atoms with Gasteiger partial charge < -0.3 is 10.4 Å². The molecule has 1 aliphatic carbocycles. The van der Waals surface area contributed by atoms with Gasteiger partial charge in [-0.05, 0) is 31.7 Å². The number of halogens is 4. The molecule has 1 saturated carbocycles. The Labute approximate surface area is 118 Å². The van der Waals surface area contributed by atoms with Crippen molar-refractivity contribution in [2.75, 3.05) is 0 Å². The molecule has 0 heterocycles. The second kappa shape index (κ2) is 5.91. The lowest BCUT2D eigenvalue weighted by Gasteiger charge is -2.25. The van der Waals surface area contributed by atoms with E-state index in [4.69, 9.17) is 16.7 Å². The van der Waals surface area contributed by atoms with E-state index >= 15 is 0 Å². The van der Waals surface area contributed by atoms with E-state index in [2.05, 4.69) is 5.32 Å². The average molecular weight is 308 g/mol. The molecule has 0 unspecified atom stereocenters. The van der Waals surface area contributed by atoms with Crippen LogP contribution in [0.5, 0.6) is 5.75 Å². The normalized spacial score (nSPS) is 22.6. The van der Waals surface area contributed by atoms with E-state index in [-0.39, 0.29) is 11.4 Å². The summed E-state index contributed by atoms with van der Waals surface area (Å²) in [6, 6.07) is 0.250. The van der Waals surface area contributed by atoms with Gasteiger partial charge >= 0.3 is 0 Å². The van der Waals surface area contributed by atoms with Crippen LogP contribution < -0.4 is 5.32 Å². The molecule has 0 radical (unpaired) electrons. The fraction of sp³-hybridized carbons (Fsp3) is 0.462. The van der Waals surface area contributed by atoms with Gasteiger partial charge in [-0.2, -0.15) is 4.39 Å². The van der Waals surface area contributed by atoms with Gasteiger partial charge in [-0.15, -0.1) is 11.6 Å². The van der Waals surface area contributed by atoms with E-state index in [0.29, 0.717) is 18.9 Å². The second-order valence-electron chi connectivity index (χ2n) is 4.80. The van der Waals surface area contributed by atoms with Gasteiger partial charge in [-0.25, -0.2) is 8.78 Å². The molecule has 3 nitrogen and oxygen atoms in total. The van der Waals surface area contributed by atoms with Crippen molar-refractivity contribution in [2.24, 2.45) is 0 Å². The molecule has 0 saturated heterocycles. The largest absolute Gasteiger partial charge is 0.503 e. The Hall–Kier alpha value is -1.43. The van der Waals surface area contributed by atoms with Crippen LogP contribution in [-0.4, -0.2) is 22.4 Å². The molecule has 20 heavy (non-hydrogen) atoms. The Morgan fingerprint density at radius 2 is 1.80 bits per heavy atom. The molecule has 0 aliphatic heterocycles. The maximum atomic E-state index is 13.6. The third-order valence-electron chi connectivity index (χ3n) is 3.37. The molecular weight excluding hydrogens is 295 g/mol. The molecule has 1 aromatic rings. The van der Waals surface area contributed by atoms with Crippen molar-refractivity contribution in [1.29, 1.82) is 0 Å². The molecule has 2 N–H and O–H groups in total. The summed E-state index contributed by atoms with van der Waals surface area (Å²) < 4.78 is 39.6. The highest BCUT2D eigenvalue weighted by atomic mass is 35.5. The Balaban J connectivity index is 2.14. The third-order valence-corrected chi connectivity index (χ3v) is 3.81. The number of carbonyl (C=O) groups is 1. The second-order valence-corrected chi connectivity index (χ2v) is 5.42. The number of phenolic OH excluding ortho intramolecular Hbond substituents is 1. The first-order valence-electron chi connectivity index (χ1n) is 6.21. The number of hydrogen-bond donors (Lipinski definition) is 2. The summed E-state index contributed by atoms with van der Waals surface area (Å²) in [5, 5.41) is 11.7. The first-order valence-corrected chi connectivity index (χ1v) is 6.65. The van der Waals surface area contributed by atoms with Gasteiger partial charge in [0, 0.05) is 11.4 Å². The van der Waals surface area contributed by atoms with Gasteiger partial charge in [0.15, 0.2) is 17.4 Å². The average Bonchev–Trinajstić information content (AvgIpc) is 2.43. The number of nitrogens with one attached hydrogen (secondary N) is 1. The molecule has 1 aromatic carbocycles. The number of benzene rings is 1. The molecule has 0 atom stereocenters. The van der Waals surface area contributed by atoms with Crippen LogP contribution in [0, 0.1) is 17.5 Å². The summed E-state index contributed by atoms with van der Waals surface area (Å²) in [6.45, 7) is 0. The zero-order chi connectivity index (χ0) is 14.9. The van der Waals surface area contributed by atoms with E-state index in [1.165, 1.54) is 0 Å². The van der Waals surface area contributed by atoms with Gasteiger partial charge in [-0.3, -0.25) is 4.79 Å². The van der Waals surface area contributed by atoms with Gasteiger partial charge in [0.25, 0.3) is 5.91 Å². The van der Waals surface area contributed by atoms with Crippen molar-refractivity contribution in [3.05, 3.63) is 29.1 Å². The van der Waals surface area contributed by atoms with Gasteiger partial charge in [-0.1, -0.05) is 0 Å². The number of aromatic hydroxyl groups is 1. The first-order chi connectivity index (χ1) is 9.40. The lowest BCUT2D eigenvalue weighted by Crippen LogP contribution is -2.38. The zero-order valence-electron chi connectivity index (χ0n) is 10.4. The lowest BCUT2D eigenvalue weighted by molar-refractivity contribution is 0.0922. The Kier molecular flexibility index (Phi) is 4.42. The topological polar surface area (TPSA) is 49.3 Å². The lowest BCUT2D eigenvalue weighted by atomic mass is 9.95. The van der Waals surface area contributed by atoms with E-state index in [0.717, 1.165) is 12.8 Å². The molecule has 0 bridgehead atoms. The van der Waals surface area contributed by atoms with Crippen molar-refractivity contribution in [3.8, 4) is 5.75 Å². The van der Waals surface area contributed by atoms with Crippen LogP contribution in [0.25, 0.3) is 0 Å². The van der Waals surface area contributed by atoms with Crippen LogP contribution in [0.4, 0.5) is 13.2 Å². The molecule has 2 rings (SSSR count). The summed E-state index contributed by atoms with van der Waals surface area (Å²) in [5.41, 5.74) is -0.714. The molecule has 1 fully saturated rings. The summed E-state index contributed by atoms with van der Waals surface area (Å²) in [6.07, 6.45) is 2.71. The number of alkyl halides is 1. The maximum Gasteiger partial charge on any atom is 0.254 e. The van der Waals surface area contributed by atoms with Crippen LogP contribution in [0.3, 0.4) is 0 Å². The Morgan fingerprint density at radius 3 is 2.40 bits per heavy atom. The fourth-order valence-corrected chi connectivity index (χ4v) is 2.47. The van der Waals surface area contributed by atoms with Crippen molar-refractivity contribution in [3.63, 3.8) is 0 Å². The number of carbonyl (C=O) groups excluding carboxylic acids is 1. The van der Waals surface area contributed by atoms with Crippen molar-refractivity contribution < 1.29 is 23.1 Å². The monoisotopic (exact) mass is 307 g/mol. The van der Waals surface area contributed by atoms with Crippen LogP contribution in [0.2, 0.25) is 0 Å². The summed E-state index contributed by atoms with van der Waals surface area (Å²) in [4.78, 5) is 11.8. The fourth-order valence-electron chi connectivity index (χ4n) is 2.22. The predicted octanol–water partition coefficient (Wildman–Crippen LogP) is 3.09. The van der Waals surface area contributed by atoms with E-state index in [9.17, 15) is 18.0 Å². The van der Waals surface area contributed by atoms with Crippen molar-refractivity contribution in [2.45, 2.75) is 37.1 Å². The number of hydrogen-bond acceptors (Lipinski definition) is 2. The minimum Gasteiger partial charge on any atom is -0.503 e. The van der Waals surface area contributed by atoms with E-state index in [1.54, 1.807) is 0 Å². The molecule has 1 aliphatic rings. The van der Waals surface area contributed by atoms with Crippen molar-refractivity contribution >= 4 is 17.5 Å². The van der Waals surface area contributed by atoms with Crippen LogP contribution in [-0.2, 0) is 0 Å². The molecule has 1 amide bonds. The third kappa shape index (κ3) is 3.00. The maximum absolute atomic E-state index is 13.6. The summed E-state index contributed by atoms with van der Waals surface area (Å²) >= 11 is 5.92. The molecule has 7 heteroatoms. The predicted molar refractivity (Wildman–Crippen MR) is 67.3 cm³/mol. The van der Waals surface area contributed by atoms with Gasteiger partial charge in [0.1, 0.15) is 0 Å². The molecule has 0 spiro atoms. The van der Waals surface area contributed by atoms with Crippen LogP contribution in [0.1, 0.15) is 36.0 Å². The SMILES string of the molecule is O=C(NC1CCC(Cl)CC1)c1cc(F)c(F)c(O)c1F. The molecular formula is C13H13ClF3NO2. The number of phenols is 1.